The van der Waals surface area contributed by atoms with Gasteiger partial charge in [0.15, 0.2) is 0 Å². The summed E-state index contributed by atoms with van der Waals surface area (Å²) in [7, 11) is 0. The molecule has 0 amide bonds. The molecule has 108 valence electrons. The van der Waals surface area contributed by atoms with Crippen LogP contribution in [0, 0.1) is 0 Å². The molecular formula is C15H32N2O. The zero-order valence-corrected chi connectivity index (χ0v) is 12.6. The summed E-state index contributed by atoms with van der Waals surface area (Å²) in [6.07, 6.45) is 6.61. The topological polar surface area (TPSA) is 24.5 Å². The second kappa shape index (κ2) is 9.76. The first-order valence-electron chi connectivity index (χ1n) is 7.79. The van der Waals surface area contributed by atoms with E-state index in [2.05, 4.69) is 31.0 Å². The summed E-state index contributed by atoms with van der Waals surface area (Å²) in [6, 6.07) is 1.30. The maximum atomic E-state index is 5.54. The van der Waals surface area contributed by atoms with E-state index in [-0.39, 0.29) is 0 Å². The average Bonchev–Trinajstić information content (AvgIpc) is 2.37. The third kappa shape index (κ3) is 6.72. The number of hydrogen-bond acceptors (Lipinski definition) is 3. The molecule has 1 unspecified atom stereocenters. The van der Waals surface area contributed by atoms with Gasteiger partial charge in [-0.05, 0) is 32.4 Å². The lowest BCUT2D eigenvalue weighted by Crippen LogP contribution is -2.45. The molecule has 0 aromatic carbocycles. The van der Waals surface area contributed by atoms with Crippen molar-refractivity contribution < 1.29 is 4.74 Å². The molecule has 1 N–H and O–H groups in total. The maximum absolute atomic E-state index is 5.54. The third-order valence-corrected chi connectivity index (χ3v) is 3.75. The summed E-state index contributed by atoms with van der Waals surface area (Å²) in [5.41, 5.74) is 0. The van der Waals surface area contributed by atoms with Gasteiger partial charge in [-0.1, -0.05) is 33.6 Å². The van der Waals surface area contributed by atoms with Crippen LogP contribution in [0.15, 0.2) is 0 Å². The quantitative estimate of drug-likeness (QED) is 0.642. The standard InChI is InChI=1S/C15H32N2O/c1-4-15-13-18-12-11-17(15)10-8-6-5-7-9-16-14(2)3/h14-16H,4-13H2,1-3H3. The van der Waals surface area contributed by atoms with Gasteiger partial charge in [-0.15, -0.1) is 0 Å². The lowest BCUT2D eigenvalue weighted by molar-refractivity contribution is -0.00917. The van der Waals surface area contributed by atoms with Gasteiger partial charge >= 0.3 is 0 Å². The summed E-state index contributed by atoms with van der Waals surface area (Å²) in [5, 5.41) is 3.48. The van der Waals surface area contributed by atoms with Gasteiger partial charge in [-0.2, -0.15) is 0 Å². The van der Waals surface area contributed by atoms with Gasteiger partial charge in [-0.25, -0.2) is 0 Å². The maximum Gasteiger partial charge on any atom is 0.0622 e. The van der Waals surface area contributed by atoms with Crippen molar-refractivity contribution in [3.8, 4) is 0 Å². The number of rotatable bonds is 9. The Morgan fingerprint density at radius 2 is 2.00 bits per heavy atom. The SMILES string of the molecule is CCC1COCCN1CCCCCCNC(C)C. The zero-order chi connectivity index (χ0) is 13.2. The fourth-order valence-electron chi connectivity index (χ4n) is 2.54. The van der Waals surface area contributed by atoms with Crippen molar-refractivity contribution in [3.05, 3.63) is 0 Å². The number of nitrogens with one attached hydrogen (secondary N) is 1. The molecule has 0 radical (unpaired) electrons. The molecule has 1 heterocycles. The first-order valence-corrected chi connectivity index (χ1v) is 7.79. The Bertz CT molecular complexity index is 197. The van der Waals surface area contributed by atoms with Gasteiger partial charge in [0, 0.05) is 18.6 Å². The number of hydrogen-bond donors (Lipinski definition) is 1. The molecule has 3 nitrogen and oxygen atoms in total. The average molecular weight is 256 g/mol. The number of ether oxygens (including phenoxy) is 1. The molecule has 1 rings (SSSR count). The van der Waals surface area contributed by atoms with Crippen LogP contribution in [-0.4, -0.2) is 49.8 Å². The zero-order valence-electron chi connectivity index (χ0n) is 12.6. The van der Waals surface area contributed by atoms with Crippen LogP contribution in [0.25, 0.3) is 0 Å². The fourth-order valence-corrected chi connectivity index (χ4v) is 2.54. The highest BCUT2D eigenvalue weighted by Crippen LogP contribution is 2.12. The highest BCUT2D eigenvalue weighted by atomic mass is 16.5. The van der Waals surface area contributed by atoms with E-state index in [9.17, 15) is 0 Å². The van der Waals surface area contributed by atoms with Crippen LogP contribution in [0.3, 0.4) is 0 Å². The van der Waals surface area contributed by atoms with E-state index in [1.165, 1.54) is 45.2 Å². The molecule has 1 atom stereocenters. The molecule has 0 saturated carbocycles. The molecular weight excluding hydrogens is 224 g/mol. The Hall–Kier alpha value is -0.120. The first-order chi connectivity index (χ1) is 8.74. The van der Waals surface area contributed by atoms with E-state index >= 15 is 0 Å². The molecule has 3 heteroatoms. The minimum atomic E-state index is 0.628. The van der Waals surface area contributed by atoms with Crippen LogP contribution in [0.4, 0.5) is 0 Å². The fraction of sp³-hybridized carbons (Fsp3) is 1.00. The molecule has 18 heavy (non-hydrogen) atoms. The Morgan fingerprint density at radius 3 is 2.72 bits per heavy atom. The van der Waals surface area contributed by atoms with Crippen molar-refractivity contribution in [2.24, 2.45) is 0 Å². The monoisotopic (exact) mass is 256 g/mol. The van der Waals surface area contributed by atoms with E-state index in [0.29, 0.717) is 12.1 Å². The molecule has 0 spiro atoms. The number of nitrogens with zero attached hydrogens (tertiary/aromatic N) is 1. The Labute approximate surface area is 113 Å². The first kappa shape index (κ1) is 15.9. The van der Waals surface area contributed by atoms with Gasteiger partial charge in [0.2, 0.25) is 0 Å². The molecule has 1 fully saturated rings. The number of morpholine rings is 1. The largest absolute Gasteiger partial charge is 0.378 e. The number of unbranched alkanes of at least 4 members (excludes halogenated alkanes) is 3. The Morgan fingerprint density at radius 1 is 1.22 bits per heavy atom. The highest BCUT2D eigenvalue weighted by Gasteiger charge is 2.20. The van der Waals surface area contributed by atoms with E-state index in [4.69, 9.17) is 4.74 Å². The van der Waals surface area contributed by atoms with Crippen molar-refractivity contribution in [1.29, 1.82) is 0 Å². The van der Waals surface area contributed by atoms with Gasteiger partial charge in [-0.3, -0.25) is 4.90 Å². The van der Waals surface area contributed by atoms with Crippen molar-refractivity contribution in [3.63, 3.8) is 0 Å². The van der Waals surface area contributed by atoms with Gasteiger partial charge < -0.3 is 10.1 Å². The molecule has 1 aliphatic rings. The van der Waals surface area contributed by atoms with E-state index in [1.54, 1.807) is 0 Å². The third-order valence-electron chi connectivity index (χ3n) is 3.75. The van der Waals surface area contributed by atoms with Crippen LogP contribution in [0.2, 0.25) is 0 Å². The van der Waals surface area contributed by atoms with Crippen molar-refractivity contribution in [2.45, 2.75) is 65.0 Å². The predicted octanol–water partition coefficient (Wildman–Crippen LogP) is 2.66. The van der Waals surface area contributed by atoms with E-state index < -0.39 is 0 Å². The lowest BCUT2D eigenvalue weighted by atomic mass is 10.1. The second-order valence-corrected chi connectivity index (χ2v) is 5.70. The Kier molecular flexibility index (Phi) is 8.64. The van der Waals surface area contributed by atoms with Crippen LogP contribution in [0.5, 0.6) is 0 Å². The summed E-state index contributed by atoms with van der Waals surface area (Å²) < 4.78 is 5.54. The molecule has 0 aromatic rings. The summed E-state index contributed by atoms with van der Waals surface area (Å²) in [6.45, 7) is 12.1. The van der Waals surface area contributed by atoms with E-state index in [1.807, 2.05) is 0 Å². The van der Waals surface area contributed by atoms with Crippen LogP contribution >= 0.6 is 0 Å². The van der Waals surface area contributed by atoms with Gasteiger partial charge in [0.05, 0.1) is 13.2 Å². The van der Waals surface area contributed by atoms with Crippen LogP contribution < -0.4 is 5.32 Å². The molecule has 1 saturated heterocycles. The van der Waals surface area contributed by atoms with Crippen molar-refractivity contribution in [2.75, 3.05) is 32.8 Å². The normalized spacial score (nSPS) is 21.7. The van der Waals surface area contributed by atoms with Crippen LogP contribution in [0.1, 0.15) is 52.9 Å². The Balaban J connectivity index is 1.96. The predicted molar refractivity (Wildman–Crippen MR) is 78.1 cm³/mol. The summed E-state index contributed by atoms with van der Waals surface area (Å²) in [5.74, 6) is 0. The smallest absolute Gasteiger partial charge is 0.0622 e. The van der Waals surface area contributed by atoms with Crippen LogP contribution in [-0.2, 0) is 4.74 Å². The summed E-state index contributed by atoms with van der Waals surface area (Å²) >= 11 is 0. The molecule has 0 bridgehead atoms. The van der Waals surface area contributed by atoms with E-state index in [0.717, 1.165) is 19.8 Å². The highest BCUT2D eigenvalue weighted by molar-refractivity contribution is 4.73. The minimum Gasteiger partial charge on any atom is -0.378 e. The molecule has 1 aliphatic heterocycles. The molecule has 0 aliphatic carbocycles. The summed E-state index contributed by atoms with van der Waals surface area (Å²) in [4.78, 5) is 2.62. The minimum absolute atomic E-state index is 0.628. The van der Waals surface area contributed by atoms with Crippen molar-refractivity contribution in [1.82, 2.24) is 10.2 Å². The van der Waals surface area contributed by atoms with Gasteiger partial charge in [0.25, 0.3) is 0 Å². The van der Waals surface area contributed by atoms with Gasteiger partial charge in [0.1, 0.15) is 0 Å². The lowest BCUT2D eigenvalue weighted by Gasteiger charge is -2.35. The molecule has 0 aromatic heterocycles. The second-order valence-electron chi connectivity index (χ2n) is 5.70. The van der Waals surface area contributed by atoms with Crippen molar-refractivity contribution >= 4 is 0 Å².